The van der Waals surface area contributed by atoms with Crippen LogP contribution in [0.25, 0.3) is 131 Å². The second-order valence-electron chi connectivity index (χ2n) is 16.8. The largest absolute Gasteiger partial charge is 0.309 e. The lowest BCUT2D eigenvalue weighted by Gasteiger charge is -2.17. The van der Waals surface area contributed by atoms with Gasteiger partial charge in [-0.25, -0.2) is 15.0 Å². The van der Waals surface area contributed by atoms with E-state index in [2.05, 4.69) is 215 Å². The van der Waals surface area contributed by atoms with Gasteiger partial charge in [-0.1, -0.05) is 146 Å². The highest BCUT2D eigenvalue weighted by atomic mass is 32.1. The van der Waals surface area contributed by atoms with E-state index in [1.54, 1.807) is 0 Å². The number of aromatic nitrogens is 5. The molecular weight excluding hydrogens is 811 g/mol. The van der Waals surface area contributed by atoms with Crippen LogP contribution in [-0.4, -0.2) is 24.1 Å². The minimum atomic E-state index is 0.619. The summed E-state index contributed by atoms with van der Waals surface area (Å²) in [4.78, 5) is 16.4. The van der Waals surface area contributed by atoms with Gasteiger partial charge in [0.25, 0.3) is 0 Å². The highest BCUT2D eigenvalue weighted by Gasteiger charge is 2.25. The fourth-order valence-electron chi connectivity index (χ4n) is 10.2. The summed E-state index contributed by atoms with van der Waals surface area (Å²) >= 11 is 1.81. The molecule has 4 aromatic heterocycles. The van der Waals surface area contributed by atoms with E-state index < -0.39 is 0 Å². The maximum Gasteiger partial charge on any atom is 0.166 e. The number of nitrogens with zero attached hydrogens (tertiary/aromatic N) is 5. The van der Waals surface area contributed by atoms with E-state index in [0.717, 1.165) is 60.9 Å². The Balaban J connectivity index is 1.11. The van der Waals surface area contributed by atoms with E-state index >= 15 is 0 Å². The predicted octanol–water partition coefficient (Wildman–Crippen LogP) is 15.7. The molecule has 14 aromatic rings. The number of benzene rings is 10. The summed E-state index contributed by atoms with van der Waals surface area (Å²) in [5.74, 6) is 1.87. The fraction of sp³-hybridized carbons (Fsp3) is 0. The normalized spacial score (nSPS) is 12.0. The summed E-state index contributed by atoms with van der Waals surface area (Å²) < 4.78 is 7.23. The zero-order chi connectivity index (χ0) is 42.6. The van der Waals surface area contributed by atoms with Gasteiger partial charge in [0.1, 0.15) is 0 Å². The van der Waals surface area contributed by atoms with E-state index in [1.807, 2.05) is 17.4 Å². The minimum Gasteiger partial charge on any atom is -0.309 e. The van der Waals surface area contributed by atoms with Crippen LogP contribution in [0.3, 0.4) is 0 Å². The van der Waals surface area contributed by atoms with Crippen LogP contribution in [0.1, 0.15) is 0 Å². The Labute approximate surface area is 376 Å². The zero-order valence-corrected chi connectivity index (χ0v) is 35.7. The van der Waals surface area contributed by atoms with E-state index in [1.165, 1.54) is 52.5 Å². The maximum atomic E-state index is 5.59. The van der Waals surface area contributed by atoms with E-state index in [9.17, 15) is 0 Å². The molecule has 0 aliphatic carbocycles. The van der Waals surface area contributed by atoms with Crippen molar-refractivity contribution in [3.8, 4) is 45.5 Å². The van der Waals surface area contributed by atoms with Crippen LogP contribution in [0.15, 0.2) is 212 Å². The van der Waals surface area contributed by atoms with Crippen LogP contribution in [0.4, 0.5) is 0 Å². The topological polar surface area (TPSA) is 48.5 Å². The monoisotopic (exact) mass is 845 g/mol. The summed E-state index contributed by atoms with van der Waals surface area (Å²) in [6, 6.07) is 76.2. The number of thiophene rings is 1. The molecular formula is C59H35N5S. The average Bonchev–Trinajstić information content (AvgIpc) is 4.03. The van der Waals surface area contributed by atoms with Crippen molar-refractivity contribution in [2.75, 3.05) is 0 Å². The Morgan fingerprint density at radius 2 is 0.969 bits per heavy atom. The van der Waals surface area contributed by atoms with Crippen LogP contribution >= 0.6 is 11.3 Å². The van der Waals surface area contributed by atoms with E-state index in [4.69, 9.17) is 15.0 Å². The standard InChI is InChI=1S/C59H35N5S/c1-3-16-37(17-4-1)57-60-58(40-28-30-49-46(34-40)43-23-11-13-25-48(43)63(49)41-20-5-2-6-21-41)62-59(61-57)55-50(31-32-53-54(55)45-24-12-14-26-52(45)65-53)64-51-35-39-19-8-7-18-38(39)33-47(51)44-29-27-36-15-9-10-22-42(36)56(44)64/h1-35H. The Kier molecular flexibility index (Phi) is 7.79. The van der Waals surface area contributed by atoms with Crippen LogP contribution in [0.5, 0.6) is 0 Å². The highest BCUT2D eigenvalue weighted by Crippen LogP contribution is 2.46. The van der Waals surface area contributed by atoms with Crippen molar-refractivity contribution in [3.05, 3.63) is 212 Å². The second kappa shape index (κ2) is 14.0. The summed E-state index contributed by atoms with van der Waals surface area (Å²) in [5.41, 5.74) is 9.53. The SMILES string of the molecule is c1ccc(-c2nc(-c3ccc4c(c3)c3ccccc3n4-c3ccccc3)nc(-c3c(-n4c5cc6ccccc6cc5c5ccc6ccccc6c54)ccc4sc5ccccc5c34)n2)cc1. The molecule has 0 saturated carbocycles. The van der Waals surface area contributed by atoms with Gasteiger partial charge in [0, 0.05) is 63.9 Å². The molecule has 0 unspecified atom stereocenters. The first-order valence-corrected chi connectivity index (χ1v) is 22.8. The molecule has 0 radical (unpaired) electrons. The molecule has 0 bridgehead atoms. The molecule has 0 aliphatic heterocycles. The molecule has 0 aliphatic rings. The zero-order valence-electron chi connectivity index (χ0n) is 34.9. The maximum absolute atomic E-state index is 5.59. The number of hydrogen-bond acceptors (Lipinski definition) is 4. The minimum absolute atomic E-state index is 0.619. The first-order chi connectivity index (χ1) is 32.2. The van der Waals surface area contributed by atoms with Crippen molar-refractivity contribution >= 4 is 96.7 Å². The van der Waals surface area contributed by atoms with Gasteiger partial charge in [-0.2, -0.15) is 0 Å². The number of para-hydroxylation sites is 2. The van der Waals surface area contributed by atoms with Gasteiger partial charge in [0.15, 0.2) is 17.5 Å². The van der Waals surface area contributed by atoms with Crippen molar-refractivity contribution in [2.24, 2.45) is 0 Å². The second-order valence-corrected chi connectivity index (χ2v) is 17.8. The molecule has 5 nitrogen and oxygen atoms in total. The fourth-order valence-corrected chi connectivity index (χ4v) is 11.3. The lowest BCUT2D eigenvalue weighted by molar-refractivity contribution is 1.07. The van der Waals surface area contributed by atoms with Crippen molar-refractivity contribution in [3.63, 3.8) is 0 Å². The van der Waals surface area contributed by atoms with Crippen molar-refractivity contribution in [1.82, 2.24) is 24.1 Å². The van der Waals surface area contributed by atoms with Crippen LogP contribution in [0.2, 0.25) is 0 Å². The Hall–Kier alpha value is -8.45. The molecule has 0 spiro atoms. The molecule has 0 fully saturated rings. The third kappa shape index (κ3) is 5.48. The molecule has 65 heavy (non-hydrogen) atoms. The first-order valence-electron chi connectivity index (χ1n) is 21.9. The van der Waals surface area contributed by atoms with Crippen molar-refractivity contribution in [1.29, 1.82) is 0 Å². The van der Waals surface area contributed by atoms with Gasteiger partial charge < -0.3 is 9.13 Å². The molecule has 0 N–H and O–H groups in total. The van der Waals surface area contributed by atoms with Crippen molar-refractivity contribution < 1.29 is 0 Å². The van der Waals surface area contributed by atoms with E-state index in [0.29, 0.717) is 17.5 Å². The molecule has 4 heterocycles. The Morgan fingerprint density at radius 1 is 0.338 bits per heavy atom. The summed E-state index contributed by atoms with van der Waals surface area (Å²) in [6.45, 7) is 0. The molecule has 302 valence electrons. The summed E-state index contributed by atoms with van der Waals surface area (Å²) in [5, 5.41) is 11.8. The molecule has 6 heteroatoms. The summed E-state index contributed by atoms with van der Waals surface area (Å²) in [7, 11) is 0. The van der Waals surface area contributed by atoms with Gasteiger partial charge in [-0.3, -0.25) is 0 Å². The van der Waals surface area contributed by atoms with Crippen LogP contribution in [-0.2, 0) is 0 Å². The van der Waals surface area contributed by atoms with E-state index in [-0.39, 0.29) is 0 Å². The van der Waals surface area contributed by atoms with Crippen molar-refractivity contribution in [2.45, 2.75) is 0 Å². The van der Waals surface area contributed by atoms with Gasteiger partial charge in [-0.15, -0.1) is 11.3 Å². The molecule has 10 aromatic carbocycles. The van der Waals surface area contributed by atoms with Gasteiger partial charge >= 0.3 is 0 Å². The lowest BCUT2D eigenvalue weighted by Crippen LogP contribution is -2.04. The Morgan fingerprint density at radius 3 is 1.80 bits per heavy atom. The van der Waals surface area contributed by atoms with Gasteiger partial charge in [0.05, 0.1) is 33.3 Å². The average molecular weight is 846 g/mol. The quantitative estimate of drug-likeness (QED) is 0.173. The number of fused-ring (bicyclic) bond motifs is 12. The third-order valence-electron chi connectivity index (χ3n) is 13.1. The van der Waals surface area contributed by atoms with Crippen LogP contribution in [0, 0.1) is 0 Å². The Bertz CT molecular complexity index is 4240. The molecule has 0 atom stereocenters. The highest BCUT2D eigenvalue weighted by molar-refractivity contribution is 7.26. The third-order valence-corrected chi connectivity index (χ3v) is 14.3. The van der Waals surface area contributed by atoms with Gasteiger partial charge in [0.2, 0.25) is 0 Å². The summed E-state index contributed by atoms with van der Waals surface area (Å²) in [6.07, 6.45) is 0. The molecule has 14 rings (SSSR count). The lowest BCUT2D eigenvalue weighted by atomic mass is 10.0. The molecule has 0 saturated heterocycles. The van der Waals surface area contributed by atoms with Crippen LogP contribution < -0.4 is 0 Å². The number of rotatable bonds is 5. The smallest absolute Gasteiger partial charge is 0.166 e. The first kappa shape index (κ1) is 36.1. The molecule has 0 amide bonds. The predicted molar refractivity (Wildman–Crippen MR) is 273 cm³/mol. The van der Waals surface area contributed by atoms with Gasteiger partial charge in [-0.05, 0) is 82.9 Å². The number of hydrogen-bond donors (Lipinski definition) is 0.